The van der Waals surface area contributed by atoms with Gasteiger partial charge in [-0.1, -0.05) is 36.4 Å². The average molecular weight is 628 g/mol. The van der Waals surface area contributed by atoms with Crippen LogP contribution >= 0.6 is 0 Å². The molecule has 1 saturated heterocycles. The second-order valence-electron chi connectivity index (χ2n) is 12.2. The number of ether oxygens (including phenoxy) is 2. The van der Waals surface area contributed by atoms with Gasteiger partial charge in [0, 0.05) is 37.3 Å². The SMILES string of the molecule is CC(C)(C)OC(=O)NCc1ccc(COc2ccc(NC(=O)NCc3ccc4c(c3)CN(C3CCC(=O)NC3=O)C4=O)cc2)cc1. The summed E-state index contributed by atoms with van der Waals surface area (Å²) in [6, 6.07) is 19.0. The maximum atomic E-state index is 12.9. The standard InChI is InChI=1S/C34H37N5O7/c1-34(2,3)46-33(44)36-17-21-4-6-22(7-5-21)20-45-26-11-9-25(10-12-26)37-32(43)35-18-23-8-13-27-24(16-23)19-39(31(27)42)28-14-15-29(40)38-30(28)41/h4-13,16,28H,14-15,17-20H2,1-3H3,(H,36,44)(H2,35,37,43)(H,38,40,41). The molecular formula is C34H37N5O7. The zero-order chi connectivity index (χ0) is 32.8. The van der Waals surface area contributed by atoms with Crippen molar-refractivity contribution in [2.75, 3.05) is 5.32 Å². The van der Waals surface area contributed by atoms with E-state index in [0.29, 0.717) is 36.6 Å². The number of amides is 6. The number of hydrogen-bond acceptors (Lipinski definition) is 7. The first-order valence-electron chi connectivity index (χ1n) is 15.0. The van der Waals surface area contributed by atoms with Crippen molar-refractivity contribution in [3.8, 4) is 5.75 Å². The largest absolute Gasteiger partial charge is 0.489 e. The predicted molar refractivity (Wildman–Crippen MR) is 169 cm³/mol. The zero-order valence-corrected chi connectivity index (χ0v) is 26.0. The zero-order valence-electron chi connectivity index (χ0n) is 26.0. The van der Waals surface area contributed by atoms with E-state index in [1.54, 1.807) is 36.4 Å². The summed E-state index contributed by atoms with van der Waals surface area (Å²) >= 11 is 0. The Morgan fingerprint density at radius 1 is 0.891 bits per heavy atom. The quantitative estimate of drug-likeness (QED) is 0.257. The summed E-state index contributed by atoms with van der Waals surface area (Å²) in [6.45, 7) is 6.66. The summed E-state index contributed by atoms with van der Waals surface area (Å²) in [5, 5.41) is 10.6. The van der Waals surface area contributed by atoms with E-state index in [1.165, 1.54) is 4.90 Å². The molecule has 2 aliphatic rings. The molecule has 1 unspecified atom stereocenters. The van der Waals surface area contributed by atoms with Gasteiger partial charge < -0.3 is 30.3 Å². The average Bonchev–Trinajstić information content (AvgIpc) is 3.33. The van der Waals surface area contributed by atoms with Crippen LogP contribution in [0.1, 0.15) is 66.2 Å². The van der Waals surface area contributed by atoms with Crippen LogP contribution in [-0.2, 0) is 40.6 Å². The number of benzene rings is 3. The highest BCUT2D eigenvalue weighted by Gasteiger charge is 2.39. The second-order valence-corrected chi connectivity index (χ2v) is 12.2. The molecule has 2 heterocycles. The van der Waals surface area contributed by atoms with Gasteiger partial charge >= 0.3 is 12.1 Å². The molecule has 6 amide bonds. The fourth-order valence-corrected chi connectivity index (χ4v) is 5.14. The van der Waals surface area contributed by atoms with Gasteiger partial charge in [0.1, 0.15) is 24.0 Å². The Kier molecular flexibility index (Phi) is 9.55. The highest BCUT2D eigenvalue weighted by Crippen LogP contribution is 2.28. The summed E-state index contributed by atoms with van der Waals surface area (Å²) in [4.78, 5) is 62.5. The number of alkyl carbamates (subject to hydrolysis) is 1. The van der Waals surface area contributed by atoms with Crippen molar-refractivity contribution in [3.05, 3.63) is 94.5 Å². The summed E-state index contributed by atoms with van der Waals surface area (Å²) in [6.07, 6.45) is 0.0388. The molecule has 2 aliphatic heterocycles. The number of piperidine rings is 1. The monoisotopic (exact) mass is 627 g/mol. The Morgan fingerprint density at radius 2 is 1.57 bits per heavy atom. The molecule has 12 nitrogen and oxygen atoms in total. The summed E-state index contributed by atoms with van der Waals surface area (Å²) in [7, 11) is 0. The van der Waals surface area contributed by atoms with Gasteiger partial charge in [0.2, 0.25) is 11.8 Å². The first-order valence-corrected chi connectivity index (χ1v) is 15.0. The number of carbonyl (C=O) groups is 5. The van der Waals surface area contributed by atoms with Gasteiger partial charge in [-0.25, -0.2) is 9.59 Å². The molecular weight excluding hydrogens is 590 g/mol. The molecule has 0 bridgehead atoms. The van der Waals surface area contributed by atoms with Crippen LogP contribution in [0, 0.1) is 0 Å². The predicted octanol–water partition coefficient (Wildman–Crippen LogP) is 4.37. The first-order chi connectivity index (χ1) is 21.9. The summed E-state index contributed by atoms with van der Waals surface area (Å²) < 4.78 is 11.1. The molecule has 46 heavy (non-hydrogen) atoms. The molecule has 0 aliphatic carbocycles. The Balaban J connectivity index is 1.04. The van der Waals surface area contributed by atoms with E-state index in [-0.39, 0.29) is 31.3 Å². The maximum Gasteiger partial charge on any atom is 0.407 e. The molecule has 1 fully saturated rings. The second kappa shape index (κ2) is 13.7. The van der Waals surface area contributed by atoms with E-state index < -0.39 is 29.7 Å². The molecule has 3 aromatic carbocycles. The fourth-order valence-electron chi connectivity index (χ4n) is 5.14. The van der Waals surface area contributed by atoms with E-state index in [4.69, 9.17) is 9.47 Å². The lowest BCUT2D eigenvalue weighted by Gasteiger charge is -2.29. The van der Waals surface area contributed by atoms with Crippen LogP contribution in [0.15, 0.2) is 66.7 Å². The lowest BCUT2D eigenvalue weighted by Crippen LogP contribution is -2.52. The van der Waals surface area contributed by atoms with Crippen molar-refractivity contribution in [2.45, 2.75) is 71.5 Å². The van der Waals surface area contributed by atoms with Crippen molar-refractivity contribution in [1.29, 1.82) is 0 Å². The molecule has 12 heteroatoms. The summed E-state index contributed by atoms with van der Waals surface area (Å²) in [5.41, 5.74) is 4.04. The van der Waals surface area contributed by atoms with Crippen LogP contribution in [0.3, 0.4) is 0 Å². The molecule has 5 rings (SSSR count). The molecule has 4 N–H and O–H groups in total. The Bertz CT molecular complexity index is 1630. The Labute approximate surface area is 266 Å². The normalized spacial score (nSPS) is 15.9. The number of rotatable bonds is 9. The molecule has 0 saturated carbocycles. The number of hydrogen-bond donors (Lipinski definition) is 4. The van der Waals surface area contributed by atoms with E-state index >= 15 is 0 Å². The van der Waals surface area contributed by atoms with Crippen LogP contribution in [0.5, 0.6) is 5.75 Å². The third-order valence-corrected chi connectivity index (χ3v) is 7.42. The molecule has 0 spiro atoms. The highest BCUT2D eigenvalue weighted by molar-refractivity contribution is 6.05. The molecule has 240 valence electrons. The van der Waals surface area contributed by atoms with Crippen LogP contribution in [0.25, 0.3) is 0 Å². The number of urea groups is 1. The van der Waals surface area contributed by atoms with Gasteiger partial charge in [-0.2, -0.15) is 0 Å². The van der Waals surface area contributed by atoms with Crippen LogP contribution in [0.2, 0.25) is 0 Å². The van der Waals surface area contributed by atoms with Crippen molar-refractivity contribution in [3.63, 3.8) is 0 Å². The highest BCUT2D eigenvalue weighted by atomic mass is 16.6. The number of anilines is 1. The van der Waals surface area contributed by atoms with Crippen LogP contribution in [0.4, 0.5) is 15.3 Å². The van der Waals surface area contributed by atoms with E-state index in [0.717, 1.165) is 22.3 Å². The van der Waals surface area contributed by atoms with E-state index in [1.807, 2.05) is 51.1 Å². The minimum Gasteiger partial charge on any atom is -0.489 e. The lowest BCUT2D eigenvalue weighted by atomic mass is 10.0. The van der Waals surface area contributed by atoms with Crippen molar-refractivity contribution in [1.82, 2.24) is 20.9 Å². The molecule has 1 atom stereocenters. The number of carbonyl (C=O) groups excluding carboxylic acids is 5. The van der Waals surface area contributed by atoms with Gasteiger partial charge in [0.15, 0.2) is 0 Å². The third-order valence-electron chi connectivity index (χ3n) is 7.42. The number of nitrogens with one attached hydrogen (secondary N) is 4. The van der Waals surface area contributed by atoms with Gasteiger partial charge in [0.25, 0.3) is 5.91 Å². The fraction of sp³-hybridized carbons (Fsp3) is 0.324. The third kappa shape index (κ3) is 8.40. The van der Waals surface area contributed by atoms with Crippen molar-refractivity contribution < 1.29 is 33.4 Å². The maximum absolute atomic E-state index is 12.9. The topological polar surface area (TPSA) is 155 Å². The van der Waals surface area contributed by atoms with E-state index in [9.17, 15) is 24.0 Å². The van der Waals surface area contributed by atoms with Crippen LogP contribution in [-0.4, -0.2) is 46.4 Å². The first kappa shape index (κ1) is 32.0. The Morgan fingerprint density at radius 3 is 2.26 bits per heavy atom. The van der Waals surface area contributed by atoms with Gasteiger partial charge in [0.05, 0.1) is 0 Å². The minimum atomic E-state index is -0.672. The molecule has 0 radical (unpaired) electrons. The van der Waals surface area contributed by atoms with Crippen molar-refractivity contribution in [2.24, 2.45) is 0 Å². The number of imide groups is 1. The molecule has 3 aromatic rings. The van der Waals surface area contributed by atoms with E-state index in [2.05, 4.69) is 21.3 Å². The van der Waals surface area contributed by atoms with Crippen LogP contribution < -0.4 is 26.0 Å². The van der Waals surface area contributed by atoms with Gasteiger partial charge in [-0.15, -0.1) is 0 Å². The lowest BCUT2D eigenvalue weighted by molar-refractivity contribution is -0.136. The van der Waals surface area contributed by atoms with Gasteiger partial charge in [-0.3, -0.25) is 19.7 Å². The smallest absolute Gasteiger partial charge is 0.407 e. The van der Waals surface area contributed by atoms with Crippen molar-refractivity contribution >= 4 is 35.5 Å². The van der Waals surface area contributed by atoms with Gasteiger partial charge in [-0.05, 0) is 79.8 Å². The Hall–Kier alpha value is -5.39. The number of nitrogens with zero attached hydrogens (tertiary/aromatic N) is 1. The number of fused-ring (bicyclic) bond motifs is 1. The summed E-state index contributed by atoms with van der Waals surface area (Å²) in [5.74, 6) is -0.377. The molecule has 0 aromatic heterocycles. The minimum absolute atomic E-state index is 0.199.